The molecule has 6 heteroatoms. The highest BCUT2D eigenvalue weighted by atomic mass is 16.1. The molecule has 158 valence electrons. The fourth-order valence-electron chi connectivity index (χ4n) is 5.00. The minimum Gasteiger partial charge on any atom is -0.328 e. The van der Waals surface area contributed by atoms with E-state index in [1.165, 1.54) is 0 Å². The Morgan fingerprint density at radius 2 is 1.78 bits per heavy atom. The summed E-state index contributed by atoms with van der Waals surface area (Å²) in [6.07, 6.45) is 4.84. The lowest BCUT2D eigenvalue weighted by molar-refractivity contribution is -0.118. The fraction of sp³-hybridized carbons (Fsp3) is 0.231. The molecule has 2 aromatic heterocycles. The van der Waals surface area contributed by atoms with Gasteiger partial charge in [0.15, 0.2) is 11.6 Å². The van der Waals surface area contributed by atoms with Crippen molar-refractivity contribution in [1.29, 1.82) is 0 Å². The molecule has 1 unspecified atom stereocenters. The van der Waals surface area contributed by atoms with Gasteiger partial charge in [-0.25, -0.2) is 4.68 Å². The molecule has 0 fully saturated rings. The number of benzene rings is 2. The Balaban J connectivity index is 1.55. The zero-order valence-corrected chi connectivity index (χ0v) is 18.0. The highest BCUT2D eigenvalue weighted by Crippen LogP contribution is 2.45. The van der Waals surface area contributed by atoms with E-state index in [9.17, 15) is 4.79 Å². The average Bonchev–Trinajstić information content (AvgIpc) is 3.20. The lowest BCUT2D eigenvalue weighted by Gasteiger charge is -2.38. The number of nitrogens with one attached hydrogen (secondary N) is 1. The van der Waals surface area contributed by atoms with Crippen molar-refractivity contribution in [3.05, 3.63) is 83.8 Å². The van der Waals surface area contributed by atoms with Crippen LogP contribution in [0, 0.1) is 5.41 Å². The summed E-state index contributed by atoms with van der Waals surface area (Å²) in [5, 5.41) is 10.6. The van der Waals surface area contributed by atoms with Crippen LogP contribution >= 0.6 is 0 Å². The summed E-state index contributed by atoms with van der Waals surface area (Å²) in [5.41, 5.74) is 3.62. The molecule has 0 saturated heterocycles. The number of pyridine rings is 1. The predicted molar refractivity (Wildman–Crippen MR) is 124 cm³/mol. The zero-order chi connectivity index (χ0) is 21.9. The van der Waals surface area contributed by atoms with E-state index in [0.29, 0.717) is 18.2 Å². The van der Waals surface area contributed by atoms with Gasteiger partial charge in [0, 0.05) is 35.6 Å². The number of allylic oxidation sites excluding steroid dienone is 2. The van der Waals surface area contributed by atoms with Crippen LogP contribution in [0.1, 0.15) is 38.3 Å². The van der Waals surface area contributed by atoms with Crippen molar-refractivity contribution in [3.8, 4) is 11.4 Å². The van der Waals surface area contributed by atoms with Crippen LogP contribution in [0.2, 0.25) is 0 Å². The third kappa shape index (κ3) is 2.94. The van der Waals surface area contributed by atoms with Gasteiger partial charge in [-0.05, 0) is 40.3 Å². The Morgan fingerprint density at radius 1 is 1.00 bits per heavy atom. The number of hydrogen-bond acceptors (Lipinski definition) is 5. The molecule has 2 aromatic carbocycles. The quantitative estimate of drug-likeness (QED) is 0.484. The summed E-state index contributed by atoms with van der Waals surface area (Å²) in [6.45, 7) is 4.28. The number of fused-ring (bicyclic) bond motifs is 2. The molecular weight excluding hydrogens is 398 g/mol. The molecule has 0 radical (unpaired) electrons. The first-order valence-corrected chi connectivity index (χ1v) is 10.9. The van der Waals surface area contributed by atoms with Gasteiger partial charge in [-0.15, -0.1) is 5.10 Å². The van der Waals surface area contributed by atoms with E-state index in [2.05, 4.69) is 42.3 Å². The molecule has 32 heavy (non-hydrogen) atoms. The third-order valence-electron chi connectivity index (χ3n) is 6.38. The van der Waals surface area contributed by atoms with Gasteiger partial charge in [0.2, 0.25) is 5.95 Å². The van der Waals surface area contributed by atoms with Crippen LogP contribution < -0.4 is 5.32 Å². The molecule has 2 aliphatic rings. The first kappa shape index (κ1) is 18.9. The van der Waals surface area contributed by atoms with Gasteiger partial charge in [0.05, 0.1) is 0 Å². The summed E-state index contributed by atoms with van der Waals surface area (Å²) in [6, 6.07) is 18.0. The normalized spacial score (nSPS) is 19.4. The van der Waals surface area contributed by atoms with E-state index in [1.54, 1.807) is 12.4 Å². The minimum absolute atomic E-state index is 0.0909. The fourth-order valence-corrected chi connectivity index (χ4v) is 5.00. The first-order chi connectivity index (χ1) is 15.5. The van der Waals surface area contributed by atoms with Crippen molar-refractivity contribution in [1.82, 2.24) is 19.7 Å². The van der Waals surface area contributed by atoms with Crippen LogP contribution in [0.5, 0.6) is 0 Å². The molecule has 0 saturated carbocycles. The van der Waals surface area contributed by atoms with Crippen molar-refractivity contribution >= 4 is 22.5 Å². The average molecular weight is 422 g/mol. The van der Waals surface area contributed by atoms with E-state index >= 15 is 0 Å². The summed E-state index contributed by atoms with van der Waals surface area (Å²) < 4.78 is 1.86. The predicted octanol–water partition coefficient (Wildman–Crippen LogP) is 5.15. The van der Waals surface area contributed by atoms with Crippen LogP contribution in [-0.2, 0) is 4.79 Å². The SMILES string of the molecule is CC1(C)CC(=O)C2=C(C1)Nc1nc(-c3cccc4ccccc34)nn1C2c1ccncc1. The maximum Gasteiger partial charge on any atom is 0.226 e. The Hall–Kier alpha value is -3.80. The summed E-state index contributed by atoms with van der Waals surface area (Å²) >= 11 is 0. The van der Waals surface area contributed by atoms with Gasteiger partial charge in [0.25, 0.3) is 0 Å². The molecule has 1 atom stereocenters. The minimum atomic E-state index is -0.316. The number of carbonyl (C=O) groups is 1. The standard InChI is InChI=1S/C26H23N5O/c1-26(2)14-20-22(21(32)15-26)23(17-10-12-27-13-11-17)31-25(28-20)29-24(30-31)19-9-5-7-16-6-3-4-8-18(16)19/h3-13,23H,14-15H2,1-2H3,(H,28,29,30). The molecule has 3 heterocycles. The van der Waals surface area contributed by atoms with Crippen LogP contribution in [0.3, 0.4) is 0 Å². The van der Waals surface area contributed by atoms with Crippen LogP contribution in [0.4, 0.5) is 5.95 Å². The van der Waals surface area contributed by atoms with Gasteiger partial charge in [-0.2, -0.15) is 4.98 Å². The van der Waals surface area contributed by atoms with Crippen LogP contribution in [-0.4, -0.2) is 25.5 Å². The Morgan fingerprint density at radius 3 is 2.62 bits per heavy atom. The van der Waals surface area contributed by atoms with Crippen molar-refractivity contribution in [2.45, 2.75) is 32.7 Å². The lowest BCUT2D eigenvalue weighted by Crippen LogP contribution is -2.36. The summed E-state index contributed by atoms with van der Waals surface area (Å²) in [7, 11) is 0. The number of nitrogens with zero attached hydrogens (tertiary/aromatic N) is 4. The first-order valence-electron chi connectivity index (χ1n) is 10.9. The van der Waals surface area contributed by atoms with Crippen molar-refractivity contribution in [2.24, 2.45) is 5.41 Å². The zero-order valence-electron chi connectivity index (χ0n) is 18.0. The maximum absolute atomic E-state index is 13.3. The van der Waals surface area contributed by atoms with Gasteiger partial charge in [-0.3, -0.25) is 9.78 Å². The Bertz CT molecular complexity index is 1400. The number of hydrogen-bond donors (Lipinski definition) is 1. The highest BCUT2D eigenvalue weighted by molar-refractivity contribution is 6.00. The molecular formula is C26H23N5O. The van der Waals surface area contributed by atoms with E-state index in [1.807, 2.05) is 41.1 Å². The van der Waals surface area contributed by atoms with Crippen LogP contribution in [0.25, 0.3) is 22.2 Å². The number of rotatable bonds is 2. The molecule has 0 bridgehead atoms. The molecule has 6 rings (SSSR count). The maximum atomic E-state index is 13.3. The number of carbonyl (C=O) groups excluding carboxylic acids is 1. The second kappa shape index (κ2) is 6.85. The number of anilines is 1. The largest absolute Gasteiger partial charge is 0.328 e. The molecule has 0 spiro atoms. The molecule has 1 aliphatic carbocycles. The molecule has 4 aromatic rings. The Kier molecular flexibility index (Phi) is 4.05. The van der Waals surface area contributed by atoms with E-state index in [4.69, 9.17) is 10.1 Å². The Labute approximate surface area is 186 Å². The molecule has 1 N–H and O–H groups in total. The molecule has 6 nitrogen and oxygen atoms in total. The topological polar surface area (TPSA) is 72.7 Å². The number of Topliss-reactive ketones (excluding diaryl/α,β-unsaturated/α-hetero) is 1. The highest BCUT2D eigenvalue weighted by Gasteiger charge is 2.41. The van der Waals surface area contributed by atoms with Gasteiger partial charge in [-0.1, -0.05) is 56.3 Å². The molecule has 0 amide bonds. The second-order valence-electron chi connectivity index (χ2n) is 9.37. The lowest BCUT2D eigenvalue weighted by atomic mass is 9.73. The third-order valence-corrected chi connectivity index (χ3v) is 6.38. The van der Waals surface area contributed by atoms with E-state index in [0.717, 1.165) is 39.6 Å². The van der Waals surface area contributed by atoms with E-state index in [-0.39, 0.29) is 17.2 Å². The van der Waals surface area contributed by atoms with Crippen LogP contribution in [0.15, 0.2) is 78.3 Å². The number of ketones is 1. The van der Waals surface area contributed by atoms with Crippen molar-refractivity contribution < 1.29 is 4.79 Å². The monoisotopic (exact) mass is 421 g/mol. The van der Waals surface area contributed by atoms with E-state index < -0.39 is 0 Å². The summed E-state index contributed by atoms with van der Waals surface area (Å²) in [4.78, 5) is 22.4. The van der Waals surface area contributed by atoms with Gasteiger partial charge >= 0.3 is 0 Å². The van der Waals surface area contributed by atoms with Gasteiger partial charge in [0.1, 0.15) is 6.04 Å². The smallest absolute Gasteiger partial charge is 0.226 e. The second-order valence-corrected chi connectivity index (χ2v) is 9.37. The number of aromatic nitrogens is 4. The van der Waals surface area contributed by atoms with Gasteiger partial charge < -0.3 is 5.32 Å². The summed E-state index contributed by atoms with van der Waals surface area (Å²) in [5.74, 6) is 1.48. The van der Waals surface area contributed by atoms with Crippen molar-refractivity contribution in [2.75, 3.05) is 5.32 Å². The van der Waals surface area contributed by atoms with Crippen molar-refractivity contribution in [3.63, 3.8) is 0 Å². The molecule has 1 aliphatic heterocycles.